The first-order valence-corrected chi connectivity index (χ1v) is 11.5. The number of aliphatic imine (C=N–C) groups is 1. The molecule has 0 saturated heterocycles. The molecule has 3 heterocycles. The number of carboxylic acid groups (broad SMARTS) is 1. The number of nitrogens with one attached hydrogen (secondary N) is 1. The number of amides is 1. The van der Waals surface area contributed by atoms with E-state index in [2.05, 4.69) is 29.0 Å². The molecule has 0 fully saturated rings. The fourth-order valence-electron chi connectivity index (χ4n) is 4.05. The van der Waals surface area contributed by atoms with Gasteiger partial charge in [-0.15, -0.1) is 21.5 Å². The van der Waals surface area contributed by atoms with Crippen LogP contribution in [0, 0.1) is 26.7 Å². The van der Waals surface area contributed by atoms with E-state index in [-0.39, 0.29) is 5.91 Å². The van der Waals surface area contributed by atoms with E-state index in [1.54, 1.807) is 23.5 Å². The number of carboxylic acids is 1. The number of aryl methyl sites for hydroxylation is 2. The number of aliphatic carboxylic acids is 1. The Labute approximate surface area is 195 Å². The topological polar surface area (TPSA) is 109 Å². The van der Waals surface area contributed by atoms with E-state index in [0.29, 0.717) is 29.5 Å². The van der Waals surface area contributed by atoms with Crippen LogP contribution in [0.3, 0.4) is 0 Å². The number of rotatable bonds is 6. The molecule has 2 aromatic heterocycles. The Morgan fingerprint density at radius 2 is 1.94 bits per heavy atom. The standard InChI is InChI=1S/C24H25N5O3S/c1-6-17(24(31)32)21-22-28-27-14(5)29(22)23-19(12(3)13(4)33-23)20(26-21)15-8-10-16(11-9-15)25-18(30)7-2/h7-11,17,21H,2,6H2,1,3-5H3,(H,25,30)(H,31,32). The van der Waals surface area contributed by atoms with Gasteiger partial charge in [0.25, 0.3) is 0 Å². The van der Waals surface area contributed by atoms with Crippen LogP contribution >= 0.6 is 11.3 Å². The molecule has 1 aromatic carbocycles. The van der Waals surface area contributed by atoms with Crippen LogP contribution in [-0.4, -0.2) is 37.5 Å². The minimum atomic E-state index is -0.918. The molecule has 1 amide bonds. The highest BCUT2D eigenvalue weighted by molar-refractivity contribution is 7.15. The molecule has 4 rings (SSSR count). The molecule has 9 heteroatoms. The van der Waals surface area contributed by atoms with Crippen LogP contribution in [-0.2, 0) is 9.59 Å². The van der Waals surface area contributed by atoms with Gasteiger partial charge < -0.3 is 10.4 Å². The van der Waals surface area contributed by atoms with Gasteiger partial charge in [-0.3, -0.25) is 19.1 Å². The first-order valence-electron chi connectivity index (χ1n) is 10.6. The number of nitrogens with zero attached hydrogens (tertiary/aromatic N) is 4. The SMILES string of the molecule is C=CC(=O)Nc1ccc(C2=NC(C(CC)C(=O)O)c3nnc(C)n3-c3sc(C)c(C)c32)cc1. The molecule has 0 bridgehead atoms. The molecule has 0 aliphatic carbocycles. The Morgan fingerprint density at radius 1 is 1.24 bits per heavy atom. The lowest BCUT2D eigenvalue weighted by molar-refractivity contribution is -0.142. The zero-order valence-electron chi connectivity index (χ0n) is 18.9. The van der Waals surface area contributed by atoms with Crippen molar-refractivity contribution < 1.29 is 14.7 Å². The average molecular weight is 464 g/mol. The minimum Gasteiger partial charge on any atom is -0.481 e. The summed E-state index contributed by atoms with van der Waals surface area (Å²) in [4.78, 5) is 30.0. The van der Waals surface area contributed by atoms with E-state index >= 15 is 0 Å². The molecule has 2 N–H and O–H groups in total. The number of hydrogen-bond acceptors (Lipinski definition) is 6. The predicted molar refractivity (Wildman–Crippen MR) is 129 cm³/mol. The lowest BCUT2D eigenvalue weighted by Gasteiger charge is -2.18. The molecule has 1 aliphatic heterocycles. The molecule has 0 spiro atoms. The third kappa shape index (κ3) is 3.89. The van der Waals surface area contributed by atoms with Crippen molar-refractivity contribution in [2.24, 2.45) is 10.9 Å². The maximum atomic E-state index is 12.1. The van der Waals surface area contributed by atoms with Crippen LogP contribution in [0.25, 0.3) is 5.00 Å². The van der Waals surface area contributed by atoms with Gasteiger partial charge in [0.2, 0.25) is 5.91 Å². The molecule has 2 unspecified atom stereocenters. The summed E-state index contributed by atoms with van der Waals surface area (Å²) in [5.41, 5.74) is 4.21. The number of carbonyl (C=O) groups excluding carboxylic acids is 1. The maximum absolute atomic E-state index is 12.1. The Balaban J connectivity index is 1.95. The molecule has 0 radical (unpaired) electrons. The van der Waals surface area contributed by atoms with Gasteiger partial charge in [-0.1, -0.05) is 25.6 Å². The normalized spacial score (nSPS) is 15.6. The second-order valence-electron chi connectivity index (χ2n) is 7.95. The second-order valence-corrected chi connectivity index (χ2v) is 9.15. The maximum Gasteiger partial charge on any atom is 0.309 e. The molecule has 2 atom stereocenters. The number of hydrogen-bond donors (Lipinski definition) is 2. The van der Waals surface area contributed by atoms with E-state index in [0.717, 1.165) is 26.6 Å². The number of carbonyl (C=O) groups is 2. The van der Waals surface area contributed by atoms with Crippen LogP contribution in [0.2, 0.25) is 0 Å². The molecule has 3 aromatic rings. The minimum absolute atomic E-state index is 0.290. The van der Waals surface area contributed by atoms with E-state index in [1.165, 1.54) is 6.08 Å². The molecule has 1 aliphatic rings. The fourth-order valence-corrected chi connectivity index (χ4v) is 5.27. The van der Waals surface area contributed by atoms with Crippen LogP contribution < -0.4 is 5.32 Å². The van der Waals surface area contributed by atoms with Gasteiger partial charge in [0.1, 0.15) is 16.9 Å². The second kappa shape index (κ2) is 8.74. The Hall–Kier alpha value is -3.59. The molecule has 33 heavy (non-hydrogen) atoms. The monoisotopic (exact) mass is 463 g/mol. The highest BCUT2D eigenvalue weighted by atomic mass is 32.1. The van der Waals surface area contributed by atoms with Crippen molar-refractivity contribution in [3.05, 3.63) is 70.1 Å². The molecular formula is C24H25N5O3S. The summed E-state index contributed by atoms with van der Waals surface area (Å²) in [5, 5.41) is 22.2. The first kappa shape index (κ1) is 22.6. The van der Waals surface area contributed by atoms with Crippen LogP contribution in [0.4, 0.5) is 5.69 Å². The van der Waals surface area contributed by atoms with Crippen molar-refractivity contribution in [3.63, 3.8) is 0 Å². The highest BCUT2D eigenvalue weighted by Gasteiger charge is 2.37. The van der Waals surface area contributed by atoms with Gasteiger partial charge >= 0.3 is 5.97 Å². The number of thiophene rings is 1. The summed E-state index contributed by atoms with van der Waals surface area (Å²) in [6.07, 6.45) is 1.62. The molecular weight excluding hydrogens is 438 g/mol. The quantitative estimate of drug-likeness (QED) is 0.527. The van der Waals surface area contributed by atoms with Gasteiger partial charge in [0, 0.05) is 21.7 Å². The van der Waals surface area contributed by atoms with Gasteiger partial charge in [-0.05, 0) is 51.0 Å². The summed E-state index contributed by atoms with van der Waals surface area (Å²) >= 11 is 1.62. The van der Waals surface area contributed by atoms with E-state index in [9.17, 15) is 14.7 Å². The zero-order valence-corrected chi connectivity index (χ0v) is 19.7. The van der Waals surface area contributed by atoms with Crippen LogP contribution in [0.1, 0.15) is 52.6 Å². The largest absolute Gasteiger partial charge is 0.481 e. The van der Waals surface area contributed by atoms with Crippen molar-refractivity contribution in [1.82, 2.24) is 14.8 Å². The van der Waals surface area contributed by atoms with Crippen LogP contribution in [0.5, 0.6) is 0 Å². The summed E-state index contributed by atoms with van der Waals surface area (Å²) in [6, 6.07) is 6.67. The van der Waals surface area contributed by atoms with E-state index in [1.807, 2.05) is 37.5 Å². The Morgan fingerprint density at radius 3 is 2.55 bits per heavy atom. The number of benzene rings is 1. The van der Waals surface area contributed by atoms with Crippen molar-refractivity contribution in [1.29, 1.82) is 0 Å². The lowest BCUT2D eigenvalue weighted by Crippen LogP contribution is -2.23. The van der Waals surface area contributed by atoms with Crippen molar-refractivity contribution in [2.75, 3.05) is 5.32 Å². The van der Waals surface area contributed by atoms with Gasteiger partial charge in [0.05, 0.1) is 11.6 Å². The van der Waals surface area contributed by atoms with Gasteiger partial charge in [-0.25, -0.2) is 0 Å². The molecule has 0 saturated carbocycles. The van der Waals surface area contributed by atoms with Crippen LogP contribution in [0.15, 0.2) is 41.9 Å². The summed E-state index contributed by atoms with van der Waals surface area (Å²) in [7, 11) is 0. The Kier molecular flexibility index (Phi) is 5.99. The number of aromatic nitrogens is 3. The highest BCUT2D eigenvalue weighted by Crippen LogP contribution is 2.41. The molecule has 8 nitrogen and oxygen atoms in total. The summed E-state index contributed by atoms with van der Waals surface area (Å²) in [5.74, 6) is -0.727. The lowest BCUT2D eigenvalue weighted by atomic mass is 9.95. The number of anilines is 1. The van der Waals surface area contributed by atoms with Gasteiger partial charge in [0.15, 0.2) is 5.82 Å². The zero-order chi connectivity index (χ0) is 23.9. The van der Waals surface area contributed by atoms with Crippen molar-refractivity contribution >= 4 is 34.6 Å². The predicted octanol–water partition coefficient (Wildman–Crippen LogP) is 4.38. The first-order chi connectivity index (χ1) is 15.8. The van der Waals surface area contributed by atoms with E-state index < -0.39 is 17.9 Å². The summed E-state index contributed by atoms with van der Waals surface area (Å²) < 4.78 is 1.95. The fraction of sp³-hybridized carbons (Fsp3) is 0.292. The third-order valence-electron chi connectivity index (χ3n) is 5.94. The van der Waals surface area contributed by atoms with E-state index in [4.69, 9.17) is 4.99 Å². The molecule has 170 valence electrons. The number of fused-ring (bicyclic) bond motifs is 3. The third-order valence-corrected chi connectivity index (χ3v) is 7.13. The summed E-state index contributed by atoms with van der Waals surface area (Å²) in [6.45, 7) is 11.3. The smallest absolute Gasteiger partial charge is 0.309 e. The Bertz CT molecular complexity index is 1290. The van der Waals surface area contributed by atoms with Gasteiger partial charge in [-0.2, -0.15) is 0 Å². The van der Waals surface area contributed by atoms with Crippen molar-refractivity contribution in [2.45, 2.75) is 40.2 Å². The average Bonchev–Trinajstić information content (AvgIpc) is 3.26. The van der Waals surface area contributed by atoms with Crippen molar-refractivity contribution in [3.8, 4) is 5.00 Å².